The van der Waals surface area contributed by atoms with Gasteiger partial charge >= 0.3 is 0 Å². The second kappa shape index (κ2) is 11.0. The van der Waals surface area contributed by atoms with Gasteiger partial charge in [0.15, 0.2) is 11.6 Å². The minimum absolute atomic E-state index is 0.129. The van der Waals surface area contributed by atoms with E-state index in [2.05, 4.69) is 10.3 Å². The highest BCUT2D eigenvalue weighted by Gasteiger charge is 2.27. The van der Waals surface area contributed by atoms with Crippen molar-refractivity contribution in [2.75, 3.05) is 0 Å². The lowest BCUT2D eigenvalue weighted by Crippen LogP contribution is -2.43. The molecule has 0 fully saturated rings. The van der Waals surface area contributed by atoms with Gasteiger partial charge in [-0.05, 0) is 36.6 Å². The summed E-state index contributed by atoms with van der Waals surface area (Å²) in [6, 6.07) is 13.2. The third-order valence-electron chi connectivity index (χ3n) is 5.52. The average molecular weight is 466 g/mol. The molecule has 0 saturated carbocycles. The molecule has 0 bridgehead atoms. The maximum absolute atomic E-state index is 12.8. The number of nitrogens with zero attached hydrogens (tertiary/aromatic N) is 1. The van der Waals surface area contributed by atoms with Crippen LogP contribution in [0.15, 0.2) is 47.8 Å². The number of nitrogens with two attached hydrogens (primary N) is 1. The number of Topliss-reactive ketones (excluding diaryl/α,β-unsaturated/α-hetero) is 2. The topological polar surface area (TPSA) is 119 Å². The number of fused-ring (bicyclic) bond motifs is 1. The molecule has 3 N–H and O–H groups in total. The van der Waals surface area contributed by atoms with Crippen LogP contribution < -0.4 is 11.1 Å². The molecule has 1 heterocycles. The minimum Gasteiger partial charge on any atom is -0.370 e. The lowest BCUT2D eigenvalue weighted by Gasteiger charge is -2.18. The van der Waals surface area contributed by atoms with Gasteiger partial charge in [-0.3, -0.25) is 19.2 Å². The zero-order valence-electron chi connectivity index (χ0n) is 18.7. The van der Waals surface area contributed by atoms with Gasteiger partial charge in [0.25, 0.3) is 0 Å². The van der Waals surface area contributed by atoms with E-state index >= 15 is 0 Å². The van der Waals surface area contributed by atoms with Crippen LogP contribution >= 0.6 is 11.3 Å². The maximum Gasteiger partial charge on any atom is 0.224 e. The molecule has 0 aliphatic rings. The first-order chi connectivity index (χ1) is 15.7. The Bertz CT molecular complexity index is 1180. The SMILES string of the molecule is Cc1nc(C(=O)C[C@@H](CC(N)=O)C(=O)N[C@@H](C)C(=O)CCc2cccc3ccccc23)cs1. The highest BCUT2D eigenvalue weighted by molar-refractivity contribution is 7.09. The van der Waals surface area contributed by atoms with E-state index in [-0.39, 0.29) is 36.5 Å². The largest absolute Gasteiger partial charge is 0.370 e. The summed E-state index contributed by atoms with van der Waals surface area (Å²) in [6.45, 7) is 3.39. The lowest BCUT2D eigenvalue weighted by atomic mass is 9.95. The predicted molar refractivity (Wildman–Crippen MR) is 128 cm³/mol. The molecule has 0 spiro atoms. The second-order valence-electron chi connectivity index (χ2n) is 8.08. The quantitative estimate of drug-likeness (QED) is 0.421. The molecule has 2 atom stereocenters. The first kappa shape index (κ1) is 24.3. The third-order valence-corrected chi connectivity index (χ3v) is 6.29. The fourth-order valence-corrected chi connectivity index (χ4v) is 4.33. The fourth-order valence-electron chi connectivity index (χ4n) is 3.72. The van der Waals surface area contributed by atoms with Crippen LogP contribution in [0.25, 0.3) is 10.8 Å². The Balaban J connectivity index is 1.60. The number of thiazole rings is 1. The average Bonchev–Trinajstić information content (AvgIpc) is 3.23. The van der Waals surface area contributed by atoms with E-state index in [4.69, 9.17) is 5.73 Å². The van der Waals surface area contributed by atoms with Crippen LogP contribution in [0.3, 0.4) is 0 Å². The predicted octanol–water partition coefficient (Wildman–Crippen LogP) is 3.38. The molecule has 0 radical (unpaired) electrons. The fraction of sp³-hybridized carbons (Fsp3) is 0.320. The van der Waals surface area contributed by atoms with E-state index in [0.717, 1.165) is 21.3 Å². The molecule has 33 heavy (non-hydrogen) atoms. The number of benzene rings is 2. The number of nitrogens with one attached hydrogen (secondary N) is 1. The normalized spacial score (nSPS) is 12.8. The Morgan fingerprint density at radius 3 is 2.48 bits per heavy atom. The highest BCUT2D eigenvalue weighted by atomic mass is 32.1. The zero-order valence-corrected chi connectivity index (χ0v) is 19.5. The van der Waals surface area contributed by atoms with Crippen molar-refractivity contribution in [1.82, 2.24) is 10.3 Å². The molecule has 172 valence electrons. The van der Waals surface area contributed by atoms with Gasteiger partial charge in [-0.25, -0.2) is 4.98 Å². The maximum atomic E-state index is 12.8. The van der Waals surface area contributed by atoms with Crippen molar-refractivity contribution in [3.8, 4) is 0 Å². The summed E-state index contributed by atoms with van der Waals surface area (Å²) >= 11 is 1.33. The molecule has 3 aromatic rings. The molecule has 8 heteroatoms. The van der Waals surface area contributed by atoms with Gasteiger partial charge in [0, 0.05) is 24.6 Å². The molecule has 2 aromatic carbocycles. The summed E-state index contributed by atoms with van der Waals surface area (Å²) in [7, 11) is 0. The summed E-state index contributed by atoms with van der Waals surface area (Å²) < 4.78 is 0. The molecule has 1 aromatic heterocycles. The number of carbonyl (C=O) groups is 4. The van der Waals surface area contributed by atoms with Gasteiger partial charge in [-0.1, -0.05) is 42.5 Å². The molecule has 7 nitrogen and oxygen atoms in total. The third kappa shape index (κ3) is 6.55. The number of hydrogen-bond acceptors (Lipinski definition) is 6. The number of hydrogen-bond donors (Lipinski definition) is 2. The number of primary amides is 1. The van der Waals surface area contributed by atoms with Crippen molar-refractivity contribution in [1.29, 1.82) is 0 Å². The van der Waals surface area contributed by atoms with Crippen LogP contribution in [0.1, 0.15) is 47.2 Å². The van der Waals surface area contributed by atoms with E-state index in [1.165, 1.54) is 11.3 Å². The van der Waals surface area contributed by atoms with Gasteiger partial charge in [0.05, 0.1) is 17.0 Å². The molecular weight excluding hydrogens is 438 g/mol. The van der Waals surface area contributed by atoms with E-state index in [9.17, 15) is 19.2 Å². The van der Waals surface area contributed by atoms with Crippen LogP contribution in [0.5, 0.6) is 0 Å². The molecular formula is C25H27N3O4S. The number of aryl methyl sites for hydroxylation is 2. The second-order valence-corrected chi connectivity index (χ2v) is 9.14. The van der Waals surface area contributed by atoms with Crippen molar-refractivity contribution < 1.29 is 19.2 Å². The summed E-state index contributed by atoms with van der Waals surface area (Å²) in [5.74, 6) is -2.65. The van der Waals surface area contributed by atoms with Crippen LogP contribution in [-0.4, -0.2) is 34.4 Å². The number of aromatic nitrogens is 1. The van der Waals surface area contributed by atoms with Crippen LogP contribution in [-0.2, 0) is 20.8 Å². The van der Waals surface area contributed by atoms with Crippen molar-refractivity contribution in [2.24, 2.45) is 11.7 Å². The van der Waals surface area contributed by atoms with Crippen LogP contribution in [0.2, 0.25) is 0 Å². The smallest absolute Gasteiger partial charge is 0.224 e. The zero-order chi connectivity index (χ0) is 24.0. The Labute approximate surface area is 196 Å². The number of ketones is 2. The Morgan fingerprint density at radius 2 is 1.79 bits per heavy atom. The molecule has 2 amide bonds. The summed E-state index contributed by atoms with van der Waals surface area (Å²) in [5.41, 5.74) is 6.62. The number of carbonyl (C=O) groups excluding carboxylic acids is 4. The first-order valence-corrected chi connectivity index (χ1v) is 11.7. The van der Waals surface area contributed by atoms with Gasteiger partial charge in [0.1, 0.15) is 5.69 Å². The minimum atomic E-state index is -0.953. The molecule has 3 rings (SSSR count). The summed E-state index contributed by atoms with van der Waals surface area (Å²) in [6.07, 6.45) is 0.326. The lowest BCUT2D eigenvalue weighted by molar-refractivity contribution is -0.131. The van der Waals surface area contributed by atoms with Crippen molar-refractivity contribution in [3.63, 3.8) is 0 Å². The Hall–Kier alpha value is -3.39. The Morgan fingerprint density at radius 1 is 1.06 bits per heavy atom. The molecule has 0 aliphatic carbocycles. The van der Waals surface area contributed by atoms with E-state index in [1.54, 1.807) is 19.2 Å². The van der Waals surface area contributed by atoms with Gasteiger partial charge in [0.2, 0.25) is 11.8 Å². The molecule has 0 unspecified atom stereocenters. The Kier molecular flexibility index (Phi) is 8.06. The van der Waals surface area contributed by atoms with E-state index in [0.29, 0.717) is 6.42 Å². The standard InChI is InChI=1S/C25H27N3O4S/c1-15(22(29)11-10-18-8-5-7-17-6-3-4-9-20(17)18)27-25(32)19(13-24(26)31)12-23(30)21-14-33-16(2)28-21/h3-9,14-15,19H,10-13H2,1-2H3,(H2,26,31)(H,27,32)/t15-,19-/m0/s1. The van der Waals surface area contributed by atoms with Gasteiger partial charge in [-0.2, -0.15) is 0 Å². The van der Waals surface area contributed by atoms with E-state index in [1.807, 2.05) is 42.5 Å². The van der Waals surface area contributed by atoms with Gasteiger partial charge in [-0.15, -0.1) is 11.3 Å². The molecule has 0 saturated heterocycles. The van der Waals surface area contributed by atoms with Crippen LogP contribution in [0, 0.1) is 12.8 Å². The summed E-state index contributed by atoms with van der Waals surface area (Å²) in [4.78, 5) is 53.6. The van der Waals surface area contributed by atoms with Crippen molar-refractivity contribution in [3.05, 3.63) is 64.1 Å². The van der Waals surface area contributed by atoms with Gasteiger partial charge < -0.3 is 11.1 Å². The van der Waals surface area contributed by atoms with Crippen LogP contribution in [0.4, 0.5) is 0 Å². The van der Waals surface area contributed by atoms with Crippen molar-refractivity contribution in [2.45, 2.75) is 45.6 Å². The number of rotatable bonds is 11. The van der Waals surface area contributed by atoms with E-state index < -0.39 is 23.8 Å². The highest BCUT2D eigenvalue weighted by Crippen LogP contribution is 2.20. The first-order valence-electron chi connectivity index (χ1n) is 10.8. The molecule has 0 aliphatic heterocycles. The summed E-state index contributed by atoms with van der Waals surface area (Å²) in [5, 5.41) is 7.22. The van der Waals surface area contributed by atoms with Crippen molar-refractivity contribution >= 4 is 45.5 Å². The monoisotopic (exact) mass is 465 g/mol. The number of amides is 2.